The first-order valence-electron chi connectivity index (χ1n) is 8.66. The molecular weight excluding hydrogens is 384 g/mol. The number of carbonyl (C=O) groups excluding carboxylic acids is 1. The fourth-order valence-electron chi connectivity index (χ4n) is 2.45. The van der Waals surface area contributed by atoms with Gasteiger partial charge < -0.3 is 5.32 Å². The molecule has 0 bridgehead atoms. The van der Waals surface area contributed by atoms with Crippen LogP contribution in [0, 0.1) is 11.6 Å². The fourth-order valence-corrected chi connectivity index (χ4v) is 3.26. The molecule has 0 radical (unpaired) electrons. The number of halogens is 2. The van der Waals surface area contributed by atoms with Crippen LogP contribution in [0.3, 0.4) is 0 Å². The van der Waals surface area contributed by atoms with Crippen LogP contribution in [-0.4, -0.2) is 31.4 Å². The number of carbonyl (C=O) groups is 1. The summed E-state index contributed by atoms with van der Waals surface area (Å²) in [7, 11) is 0. The third-order valence-corrected chi connectivity index (χ3v) is 5.12. The molecule has 1 N–H and O–H groups in total. The number of hydrogen-bond donors (Lipinski definition) is 1. The van der Waals surface area contributed by atoms with E-state index in [0.29, 0.717) is 11.1 Å². The Morgan fingerprint density at radius 2 is 1.82 bits per heavy atom. The first-order valence-corrected chi connectivity index (χ1v) is 9.54. The van der Waals surface area contributed by atoms with Gasteiger partial charge in [-0.15, -0.1) is 5.10 Å². The molecule has 0 aliphatic heterocycles. The maximum atomic E-state index is 13.7. The number of aromatic nitrogens is 4. The second-order valence-electron chi connectivity index (χ2n) is 6.49. The normalized spacial score (nSPS) is 12.2. The van der Waals surface area contributed by atoms with Crippen LogP contribution in [0.25, 0.3) is 5.69 Å². The summed E-state index contributed by atoms with van der Waals surface area (Å²) in [6.45, 7) is 5.85. The molecular formula is C19H19F2N5OS. The number of hydrogen-bond acceptors (Lipinski definition) is 5. The van der Waals surface area contributed by atoms with E-state index in [1.54, 1.807) is 6.92 Å². The van der Waals surface area contributed by atoms with Gasteiger partial charge in [-0.1, -0.05) is 37.7 Å². The van der Waals surface area contributed by atoms with E-state index in [9.17, 15) is 13.6 Å². The van der Waals surface area contributed by atoms with Crippen molar-refractivity contribution in [2.24, 2.45) is 0 Å². The zero-order valence-electron chi connectivity index (χ0n) is 15.6. The van der Waals surface area contributed by atoms with E-state index in [1.165, 1.54) is 10.2 Å². The third kappa shape index (κ3) is 4.53. The summed E-state index contributed by atoms with van der Waals surface area (Å²) in [4.78, 5) is 12.4. The van der Waals surface area contributed by atoms with Gasteiger partial charge in [-0.25, -0.2) is 8.78 Å². The molecule has 1 atom stereocenters. The van der Waals surface area contributed by atoms with Crippen LogP contribution >= 0.6 is 11.8 Å². The van der Waals surface area contributed by atoms with Crippen LogP contribution in [0.4, 0.5) is 14.5 Å². The molecule has 2 aromatic carbocycles. The van der Waals surface area contributed by atoms with E-state index in [-0.39, 0.29) is 5.69 Å². The molecule has 146 valence electrons. The number of thioether (sulfide) groups is 1. The highest BCUT2D eigenvalue weighted by atomic mass is 32.2. The van der Waals surface area contributed by atoms with Crippen molar-refractivity contribution in [2.45, 2.75) is 37.1 Å². The number of rotatable bonds is 6. The smallest absolute Gasteiger partial charge is 0.237 e. The van der Waals surface area contributed by atoms with Crippen LogP contribution < -0.4 is 5.32 Å². The van der Waals surface area contributed by atoms with E-state index < -0.39 is 22.8 Å². The number of amides is 1. The molecule has 0 aliphatic carbocycles. The largest absolute Gasteiger partial charge is 0.323 e. The van der Waals surface area contributed by atoms with Crippen molar-refractivity contribution in [3.05, 3.63) is 59.7 Å². The summed E-state index contributed by atoms with van der Waals surface area (Å²) in [6, 6.07) is 10.7. The van der Waals surface area contributed by atoms with Crippen molar-refractivity contribution in [3.63, 3.8) is 0 Å². The number of tetrazole rings is 1. The number of benzene rings is 2. The van der Waals surface area contributed by atoms with E-state index in [2.05, 4.69) is 34.7 Å². The van der Waals surface area contributed by atoms with Gasteiger partial charge in [-0.3, -0.25) is 4.79 Å². The van der Waals surface area contributed by atoms with Gasteiger partial charge in [-0.2, -0.15) is 4.68 Å². The second-order valence-corrected chi connectivity index (χ2v) is 7.80. The predicted octanol–water partition coefficient (Wildman–Crippen LogP) is 4.18. The SMILES string of the molecule is CC(C)c1ccc(-n2nnnc2S[C@H](C)C(=O)Nc2cc(F)ccc2F)cc1. The summed E-state index contributed by atoms with van der Waals surface area (Å²) in [5.74, 6) is -1.42. The van der Waals surface area contributed by atoms with Crippen molar-refractivity contribution in [1.82, 2.24) is 20.2 Å². The minimum absolute atomic E-state index is 0.207. The first-order chi connectivity index (χ1) is 13.3. The quantitative estimate of drug-likeness (QED) is 0.625. The lowest BCUT2D eigenvalue weighted by atomic mass is 10.0. The molecule has 3 rings (SSSR count). The number of nitrogens with one attached hydrogen (secondary N) is 1. The van der Waals surface area contributed by atoms with Gasteiger partial charge in [0.1, 0.15) is 11.6 Å². The summed E-state index contributed by atoms with van der Waals surface area (Å²) >= 11 is 1.12. The van der Waals surface area contributed by atoms with Gasteiger partial charge >= 0.3 is 0 Å². The van der Waals surface area contributed by atoms with Crippen LogP contribution in [0.1, 0.15) is 32.3 Å². The molecule has 1 amide bonds. The van der Waals surface area contributed by atoms with E-state index in [1.807, 2.05) is 24.3 Å². The molecule has 0 fully saturated rings. The topological polar surface area (TPSA) is 72.7 Å². The lowest BCUT2D eigenvalue weighted by molar-refractivity contribution is -0.115. The average molecular weight is 403 g/mol. The summed E-state index contributed by atoms with van der Waals surface area (Å²) in [6.07, 6.45) is 0. The molecule has 28 heavy (non-hydrogen) atoms. The van der Waals surface area contributed by atoms with Crippen LogP contribution in [0.5, 0.6) is 0 Å². The van der Waals surface area contributed by atoms with Gasteiger partial charge in [0.15, 0.2) is 0 Å². The van der Waals surface area contributed by atoms with Crippen molar-refractivity contribution >= 4 is 23.4 Å². The Morgan fingerprint density at radius 1 is 1.11 bits per heavy atom. The van der Waals surface area contributed by atoms with Crippen molar-refractivity contribution in [1.29, 1.82) is 0 Å². The number of anilines is 1. The van der Waals surface area contributed by atoms with Crippen LogP contribution in [0.2, 0.25) is 0 Å². The Balaban J connectivity index is 1.72. The Kier molecular flexibility index (Phi) is 6.03. The minimum atomic E-state index is -0.706. The van der Waals surface area contributed by atoms with E-state index in [0.717, 1.165) is 35.6 Å². The molecule has 0 aliphatic rings. The molecule has 0 spiro atoms. The molecule has 6 nitrogen and oxygen atoms in total. The van der Waals surface area contributed by atoms with E-state index in [4.69, 9.17) is 0 Å². The van der Waals surface area contributed by atoms with Gasteiger partial charge in [0.2, 0.25) is 11.1 Å². The number of nitrogens with zero attached hydrogens (tertiary/aromatic N) is 4. The Labute approximate surface area is 165 Å². The summed E-state index contributed by atoms with van der Waals surface area (Å²) in [5.41, 5.74) is 1.75. The Hall–Kier alpha value is -2.81. The monoisotopic (exact) mass is 403 g/mol. The molecule has 1 aromatic heterocycles. The minimum Gasteiger partial charge on any atom is -0.323 e. The molecule has 0 saturated heterocycles. The predicted molar refractivity (Wildman–Crippen MR) is 104 cm³/mol. The maximum absolute atomic E-state index is 13.7. The molecule has 3 aromatic rings. The Bertz CT molecular complexity index is 975. The van der Waals surface area contributed by atoms with Gasteiger partial charge in [0.25, 0.3) is 0 Å². The van der Waals surface area contributed by atoms with Crippen LogP contribution in [0.15, 0.2) is 47.6 Å². The average Bonchev–Trinajstić information content (AvgIpc) is 3.12. The lowest BCUT2D eigenvalue weighted by Crippen LogP contribution is -2.23. The van der Waals surface area contributed by atoms with E-state index >= 15 is 0 Å². The van der Waals surface area contributed by atoms with Crippen molar-refractivity contribution in [3.8, 4) is 5.69 Å². The second kappa shape index (κ2) is 8.47. The highest BCUT2D eigenvalue weighted by Crippen LogP contribution is 2.25. The summed E-state index contributed by atoms with van der Waals surface area (Å²) < 4.78 is 28.5. The summed E-state index contributed by atoms with van der Waals surface area (Å²) in [5, 5.41) is 13.8. The zero-order valence-corrected chi connectivity index (χ0v) is 16.4. The van der Waals surface area contributed by atoms with Crippen LogP contribution in [-0.2, 0) is 4.79 Å². The molecule has 0 unspecified atom stereocenters. The lowest BCUT2D eigenvalue weighted by Gasteiger charge is -2.12. The zero-order chi connectivity index (χ0) is 20.3. The van der Waals surface area contributed by atoms with Gasteiger partial charge in [-0.05, 0) is 53.1 Å². The highest BCUT2D eigenvalue weighted by Gasteiger charge is 2.20. The standard InChI is InChI=1S/C19H19F2N5OS/c1-11(2)13-4-7-15(8-5-13)26-19(23-24-25-26)28-12(3)18(27)22-17-10-14(20)6-9-16(17)21/h4-12H,1-3H3,(H,22,27)/t12-/m1/s1. The van der Waals surface area contributed by atoms with Crippen molar-refractivity contribution in [2.75, 3.05) is 5.32 Å². The highest BCUT2D eigenvalue weighted by molar-refractivity contribution is 8.00. The first kappa shape index (κ1) is 19.9. The van der Waals surface area contributed by atoms with Gasteiger partial charge in [0, 0.05) is 6.07 Å². The molecule has 9 heteroatoms. The van der Waals surface area contributed by atoms with Crippen molar-refractivity contribution < 1.29 is 13.6 Å². The molecule has 1 heterocycles. The third-order valence-electron chi connectivity index (χ3n) is 4.08. The Morgan fingerprint density at radius 3 is 2.50 bits per heavy atom. The molecule has 0 saturated carbocycles. The maximum Gasteiger partial charge on any atom is 0.237 e. The van der Waals surface area contributed by atoms with Gasteiger partial charge in [0.05, 0.1) is 16.6 Å². The fraction of sp³-hybridized carbons (Fsp3) is 0.263.